The number of imidazole rings is 1. The van der Waals surface area contributed by atoms with Gasteiger partial charge >= 0.3 is 0 Å². The molecule has 4 rings (SSSR count). The fraction of sp³-hybridized carbons (Fsp3) is 0.158. The van der Waals surface area contributed by atoms with Crippen LogP contribution in [-0.2, 0) is 11.3 Å². The molecule has 1 aromatic heterocycles. The molecule has 1 aliphatic heterocycles. The van der Waals surface area contributed by atoms with Gasteiger partial charge in [-0.1, -0.05) is 24.3 Å². The highest BCUT2D eigenvalue weighted by Gasteiger charge is 2.24. The number of anilines is 2. The number of hydrogen-bond donors (Lipinski definition) is 3. The minimum Gasteiger partial charge on any atom is -0.512 e. The zero-order valence-corrected chi connectivity index (χ0v) is 13.6. The molecule has 6 heteroatoms. The number of aliphatic hydroxyl groups is 1. The van der Waals surface area contributed by atoms with Crippen molar-refractivity contribution < 1.29 is 9.90 Å². The molecule has 0 bridgehead atoms. The zero-order valence-electron chi connectivity index (χ0n) is 13.6. The fourth-order valence-electron chi connectivity index (χ4n) is 3.18. The van der Waals surface area contributed by atoms with Crippen LogP contribution in [0.2, 0.25) is 0 Å². The van der Waals surface area contributed by atoms with Crippen LogP contribution >= 0.6 is 0 Å². The largest absolute Gasteiger partial charge is 0.512 e. The first kappa shape index (κ1) is 15.3. The Kier molecular flexibility index (Phi) is 3.65. The number of aromatic nitrogens is 2. The number of allylic oxidation sites excluding steroid dienone is 1. The Morgan fingerprint density at radius 1 is 1.20 bits per heavy atom. The van der Waals surface area contributed by atoms with Crippen LogP contribution in [0, 0.1) is 0 Å². The van der Waals surface area contributed by atoms with Gasteiger partial charge in [0.05, 0.1) is 28.8 Å². The van der Waals surface area contributed by atoms with Crippen molar-refractivity contribution in [2.24, 2.45) is 0 Å². The highest BCUT2D eigenvalue weighted by molar-refractivity contribution is 6.00. The van der Waals surface area contributed by atoms with Crippen molar-refractivity contribution in [1.29, 1.82) is 0 Å². The van der Waals surface area contributed by atoms with E-state index in [-0.39, 0.29) is 18.1 Å². The predicted octanol–water partition coefficient (Wildman–Crippen LogP) is 3.32. The number of benzene rings is 2. The molecule has 0 saturated heterocycles. The average molecular weight is 334 g/mol. The summed E-state index contributed by atoms with van der Waals surface area (Å²) in [7, 11) is 0. The van der Waals surface area contributed by atoms with E-state index in [2.05, 4.69) is 14.9 Å². The molecule has 1 aliphatic rings. The van der Waals surface area contributed by atoms with Gasteiger partial charge in [0, 0.05) is 18.5 Å². The molecule has 0 aliphatic carbocycles. The van der Waals surface area contributed by atoms with Gasteiger partial charge in [-0.25, -0.2) is 4.98 Å². The van der Waals surface area contributed by atoms with Crippen molar-refractivity contribution in [3.8, 4) is 0 Å². The molecule has 2 heterocycles. The predicted molar refractivity (Wildman–Crippen MR) is 98.0 cm³/mol. The molecule has 3 aromatic rings. The van der Waals surface area contributed by atoms with E-state index in [1.165, 1.54) is 0 Å². The van der Waals surface area contributed by atoms with Crippen LogP contribution in [0.3, 0.4) is 0 Å². The van der Waals surface area contributed by atoms with Crippen molar-refractivity contribution in [1.82, 2.24) is 9.55 Å². The van der Waals surface area contributed by atoms with Crippen LogP contribution in [0.5, 0.6) is 0 Å². The van der Waals surface area contributed by atoms with Crippen LogP contribution in [-0.4, -0.2) is 20.6 Å². The van der Waals surface area contributed by atoms with Crippen LogP contribution < -0.4 is 11.1 Å². The van der Waals surface area contributed by atoms with Crippen molar-refractivity contribution in [3.05, 3.63) is 60.1 Å². The number of amides is 1. The Bertz CT molecular complexity index is 1000. The van der Waals surface area contributed by atoms with E-state index in [4.69, 9.17) is 5.73 Å². The third kappa shape index (κ3) is 2.71. The number of carbonyl (C=O) groups is 1. The highest BCUT2D eigenvalue weighted by atomic mass is 16.3. The van der Waals surface area contributed by atoms with Gasteiger partial charge < -0.3 is 20.7 Å². The maximum Gasteiger partial charge on any atom is 0.229 e. The van der Waals surface area contributed by atoms with Gasteiger partial charge in [0.25, 0.3) is 0 Å². The zero-order chi connectivity index (χ0) is 17.4. The summed E-state index contributed by atoms with van der Waals surface area (Å²) < 4.78 is 2.05. The lowest BCUT2D eigenvalue weighted by molar-refractivity contribution is -0.115. The van der Waals surface area contributed by atoms with Gasteiger partial charge in [0.1, 0.15) is 11.6 Å². The molecule has 0 spiro atoms. The van der Waals surface area contributed by atoms with Crippen LogP contribution in [0.4, 0.5) is 11.4 Å². The minimum absolute atomic E-state index is 0.0451. The Labute approximate surface area is 144 Å². The Morgan fingerprint density at radius 3 is 2.80 bits per heavy atom. The van der Waals surface area contributed by atoms with Crippen molar-refractivity contribution in [2.45, 2.75) is 19.4 Å². The Balaban J connectivity index is 1.64. The molecule has 0 unspecified atom stereocenters. The molecule has 25 heavy (non-hydrogen) atoms. The molecule has 0 radical (unpaired) electrons. The van der Waals surface area contributed by atoms with Gasteiger partial charge in [-0.05, 0) is 24.3 Å². The summed E-state index contributed by atoms with van der Waals surface area (Å²) in [5, 5.41) is 13.1. The minimum atomic E-state index is -0.236. The Morgan fingerprint density at radius 2 is 1.96 bits per heavy atom. The van der Waals surface area contributed by atoms with Gasteiger partial charge in [0.15, 0.2) is 0 Å². The summed E-state index contributed by atoms with van der Waals surface area (Å²) >= 11 is 0. The van der Waals surface area contributed by atoms with Gasteiger partial charge in [-0.15, -0.1) is 0 Å². The number of para-hydroxylation sites is 4. The molecule has 0 saturated carbocycles. The number of nitrogen functional groups attached to an aromatic ring is 1. The molecular weight excluding hydrogens is 316 g/mol. The summed E-state index contributed by atoms with van der Waals surface area (Å²) in [6.45, 7) is 0.651. The summed E-state index contributed by atoms with van der Waals surface area (Å²) in [5.74, 6) is 0.639. The van der Waals surface area contributed by atoms with E-state index in [0.29, 0.717) is 35.7 Å². The molecule has 2 aromatic carbocycles. The lowest BCUT2D eigenvalue weighted by Crippen LogP contribution is -2.18. The number of aliphatic hydroxyl groups excluding tert-OH is 1. The Hall–Kier alpha value is -3.28. The number of nitrogens with two attached hydrogens (primary N) is 1. The molecule has 6 nitrogen and oxygen atoms in total. The van der Waals surface area contributed by atoms with E-state index in [1.807, 2.05) is 36.4 Å². The highest BCUT2D eigenvalue weighted by Crippen LogP contribution is 2.31. The first-order chi connectivity index (χ1) is 12.1. The fourth-order valence-corrected chi connectivity index (χ4v) is 3.18. The molecule has 1 amide bonds. The van der Waals surface area contributed by atoms with Gasteiger partial charge in [-0.2, -0.15) is 0 Å². The number of nitrogens with one attached hydrogen (secondary N) is 1. The number of fused-ring (bicyclic) bond motifs is 3. The van der Waals surface area contributed by atoms with Gasteiger partial charge in [-0.3, -0.25) is 4.79 Å². The first-order valence-corrected chi connectivity index (χ1v) is 8.14. The second-order valence-electron chi connectivity index (χ2n) is 6.06. The average Bonchev–Trinajstić information content (AvgIpc) is 2.98. The number of nitrogens with zero attached hydrogens (tertiary/aromatic N) is 2. The normalized spacial score (nSPS) is 13.8. The third-order valence-electron chi connectivity index (χ3n) is 4.42. The quantitative estimate of drug-likeness (QED) is 0.641. The lowest BCUT2D eigenvalue weighted by Gasteiger charge is -2.19. The standard InChI is InChI=1S/C19H18N4O2/c20-13-5-1-2-6-14(13)21-18(25)11-12-17(24)9-10-23-16-8-4-3-7-15(16)22-19(12)23/h1-8,24H,9-11,20H2,(H,21,25). The smallest absolute Gasteiger partial charge is 0.229 e. The molecular formula is C19H18N4O2. The molecule has 4 N–H and O–H groups in total. The van der Waals surface area contributed by atoms with E-state index < -0.39 is 0 Å². The maximum atomic E-state index is 12.5. The van der Waals surface area contributed by atoms with E-state index in [1.54, 1.807) is 12.1 Å². The van der Waals surface area contributed by atoms with Crippen molar-refractivity contribution >= 4 is 33.9 Å². The van der Waals surface area contributed by atoms with Gasteiger partial charge in [0.2, 0.25) is 5.91 Å². The maximum absolute atomic E-state index is 12.5. The molecule has 0 atom stereocenters. The molecule has 0 fully saturated rings. The second-order valence-corrected chi connectivity index (χ2v) is 6.06. The number of carbonyl (C=O) groups excluding carboxylic acids is 1. The number of aryl methyl sites for hydroxylation is 1. The summed E-state index contributed by atoms with van der Waals surface area (Å²) in [5.41, 5.74) is 9.37. The second kappa shape index (κ2) is 5.98. The monoisotopic (exact) mass is 334 g/mol. The summed E-state index contributed by atoms with van der Waals surface area (Å²) in [6, 6.07) is 14.9. The summed E-state index contributed by atoms with van der Waals surface area (Å²) in [4.78, 5) is 17.1. The van der Waals surface area contributed by atoms with E-state index in [0.717, 1.165) is 11.0 Å². The van der Waals surface area contributed by atoms with E-state index in [9.17, 15) is 9.90 Å². The third-order valence-corrected chi connectivity index (χ3v) is 4.42. The van der Waals surface area contributed by atoms with Crippen molar-refractivity contribution in [3.63, 3.8) is 0 Å². The van der Waals surface area contributed by atoms with Crippen molar-refractivity contribution in [2.75, 3.05) is 11.1 Å². The topological polar surface area (TPSA) is 93.2 Å². The van der Waals surface area contributed by atoms with Crippen LogP contribution in [0.25, 0.3) is 16.6 Å². The lowest BCUT2D eigenvalue weighted by atomic mass is 10.0. The van der Waals surface area contributed by atoms with Crippen LogP contribution in [0.15, 0.2) is 54.3 Å². The van der Waals surface area contributed by atoms with Crippen LogP contribution in [0.1, 0.15) is 18.7 Å². The molecule has 126 valence electrons. The number of hydrogen-bond acceptors (Lipinski definition) is 4. The van der Waals surface area contributed by atoms with E-state index >= 15 is 0 Å². The first-order valence-electron chi connectivity index (χ1n) is 8.14. The number of rotatable bonds is 3. The SMILES string of the molecule is Nc1ccccc1NC(=O)CC1=C(O)CCn2c1nc1ccccc12. The summed E-state index contributed by atoms with van der Waals surface area (Å²) in [6.07, 6.45) is 0.535.